The number of rotatable bonds is 9. The average molecular weight is 266 g/mol. The van der Waals surface area contributed by atoms with Crippen LogP contribution in [0.15, 0.2) is 4.42 Å². The third kappa shape index (κ3) is 3.67. The molecule has 0 atom stereocenters. The lowest BCUT2D eigenvalue weighted by Gasteiger charge is -2.18. The van der Waals surface area contributed by atoms with Crippen LogP contribution in [0.4, 0.5) is 6.01 Å². The summed E-state index contributed by atoms with van der Waals surface area (Å²) in [7, 11) is 1.69. The van der Waals surface area contributed by atoms with E-state index in [2.05, 4.69) is 20.4 Å². The van der Waals surface area contributed by atoms with Crippen molar-refractivity contribution in [3.05, 3.63) is 5.89 Å². The van der Waals surface area contributed by atoms with Gasteiger partial charge in [-0.15, -0.1) is 5.10 Å². The summed E-state index contributed by atoms with van der Waals surface area (Å²) in [4.78, 5) is 2.31. The molecule has 1 aromatic rings. The van der Waals surface area contributed by atoms with Gasteiger partial charge in [0.15, 0.2) is 0 Å². The summed E-state index contributed by atoms with van der Waals surface area (Å²) in [6.45, 7) is 3.18. The lowest BCUT2D eigenvalue weighted by atomic mass is 10.4. The van der Waals surface area contributed by atoms with E-state index in [0.29, 0.717) is 31.1 Å². The van der Waals surface area contributed by atoms with E-state index in [0.717, 1.165) is 19.0 Å². The highest BCUT2D eigenvalue weighted by Crippen LogP contribution is 2.37. The second kappa shape index (κ2) is 5.88. The lowest BCUT2D eigenvalue weighted by Crippen LogP contribution is -2.28. The molecular formula is C13H22N4O2. The first kappa shape index (κ1) is 12.9. The van der Waals surface area contributed by atoms with E-state index in [1.807, 2.05) is 0 Å². The quantitative estimate of drug-likeness (QED) is 0.677. The molecule has 2 aliphatic carbocycles. The van der Waals surface area contributed by atoms with E-state index in [4.69, 9.17) is 9.15 Å². The fraction of sp³-hybridized carbons (Fsp3) is 0.846. The summed E-state index contributed by atoms with van der Waals surface area (Å²) in [5.74, 6) is 1.50. The van der Waals surface area contributed by atoms with E-state index in [-0.39, 0.29) is 0 Å². The molecule has 0 bridgehead atoms. The zero-order valence-electron chi connectivity index (χ0n) is 11.5. The van der Waals surface area contributed by atoms with Crippen LogP contribution in [0.3, 0.4) is 0 Å². The van der Waals surface area contributed by atoms with Crippen molar-refractivity contribution < 1.29 is 9.15 Å². The van der Waals surface area contributed by atoms with Crippen molar-refractivity contribution in [2.24, 2.45) is 5.92 Å². The summed E-state index contributed by atoms with van der Waals surface area (Å²) in [6.07, 6.45) is 5.22. The second-order valence-corrected chi connectivity index (χ2v) is 5.47. The van der Waals surface area contributed by atoms with Gasteiger partial charge in [0.05, 0.1) is 13.2 Å². The van der Waals surface area contributed by atoms with Crippen LogP contribution in [0, 0.1) is 5.92 Å². The number of aromatic nitrogens is 2. The third-order valence-corrected chi connectivity index (χ3v) is 3.60. The zero-order valence-corrected chi connectivity index (χ0v) is 11.5. The number of methoxy groups -OCH3 is 1. The Labute approximate surface area is 113 Å². The molecule has 0 spiro atoms. The first-order valence-electron chi connectivity index (χ1n) is 7.15. The highest BCUT2D eigenvalue weighted by Gasteiger charge is 2.36. The molecule has 1 heterocycles. The molecule has 0 saturated heterocycles. The van der Waals surface area contributed by atoms with Crippen molar-refractivity contribution in [1.29, 1.82) is 0 Å². The van der Waals surface area contributed by atoms with Crippen molar-refractivity contribution in [2.75, 3.05) is 31.7 Å². The smallest absolute Gasteiger partial charge is 0.318 e. The van der Waals surface area contributed by atoms with Gasteiger partial charge in [-0.1, -0.05) is 5.10 Å². The van der Waals surface area contributed by atoms with Crippen molar-refractivity contribution in [3.8, 4) is 0 Å². The normalized spacial score (nSPS) is 18.8. The Morgan fingerprint density at radius 1 is 1.32 bits per heavy atom. The molecule has 0 aromatic carbocycles. The summed E-state index contributed by atoms with van der Waals surface area (Å²) in [5, 5.41) is 11.5. The SMILES string of the molecule is COCCNCc1nnc(N(CC2CC2)C2CC2)o1. The molecule has 1 N–H and O–H groups in total. The minimum absolute atomic E-state index is 0.609. The van der Waals surface area contributed by atoms with Crippen LogP contribution in [0.25, 0.3) is 0 Å². The van der Waals surface area contributed by atoms with Gasteiger partial charge in [-0.25, -0.2) is 0 Å². The van der Waals surface area contributed by atoms with Crippen molar-refractivity contribution >= 4 is 6.01 Å². The number of nitrogens with one attached hydrogen (secondary N) is 1. The lowest BCUT2D eigenvalue weighted by molar-refractivity contribution is 0.198. The highest BCUT2D eigenvalue weighted by molar-refractivity contribution is 5.30. The van der Waals surface area contributed by atoms with Crippen LogP contribution in [0.5, 0.6) is 0 Å². The Bertz CT molecular complexity index is 401. The number of hydrogen-bond acceptors (Lipinski definition) is 6. The predicted molar refractivity (Wildman–Crippen MR) is 71.0 cm³/mol. The fourth-order valence-corrected chi connectivity index (χ4v) is 2.15. The fourth-order valence-electron chi connectivity index (χ4n) is 2.15. The highest BCUT2D eigenvalue weighted by atomic mass is 16.5. The van der Waals surface area contributed by atoms with Crippen LogP contribution in [0.1, 0.15) is 31.6 Å². The topological polar surface area (TPSA) is 63.4 Å². The van der Waals surface area contributed by atoms with Gasteiger partial charge in [0, 0.05) is 26.2 Å². The minimum Gasteiger partial charge on any atom is -0.407 e. The van der Waals surface area contributed by atoms with Crippen LogP contribution >= 0.6 is 0 Å². The molecule has 2 saturated carbocycles. The molecule has 0 aliphatic heterocycles. The average Bonchev–Trinajstić information content (AvgIpc) is 3.31. The molecular weight excluding hydrogens is 244 g/mol. The molecule has 1 aromatic heterocycles. The molecule has 6 nitrogen and oxygen atoms in total. The van der Waals surface area contributed by atoms with E-state index < -0.39 is 0 Å². The maximum absolute atomic E-state index is 5.76. The van der Waals surface area contributed by atoms with Gasteiger partial charge in [0.25, 0.3) is 0 Å². The Hall–Kier alpha value is -1.14. The van der Waals surface area contributed by atoms with Gasteiger partial charge in [0.1, 0.15) is 0 Å². The Morgan fingerprint density at radius 2 is 2.16 bits per heavy atom. The Balaban J connectivity index is 1.52. The van der Waals surface area contributed by atoms with E-state index in [1.54, 1.807) is 7.11 Å². The van der Waals surface area contributed by atoms with E-state index in [1.165, 1.54) is 25.7 Å². The largest absolute Gasteiger partial charge is 0.407 e. The van der Waals surface area contributed by atoms with Crippen molar-refractivity contribution in [1.82, 2.24) is 15.5 Å². The molecule has 19 heavy (non-hydrogen) atoms. The monoisotopic (exact) mass is 266 g/mol. The minimum atomic E-state index is 0.609. The summed E-state index contributed by atoms with van der Waals surface area (Å²) in [5.41, 5.74) is 0. The van der Waals surface area contributed by atoms with Crippen LogP contribution in [0.2, 0.25) is 0 Å². The van der Waals surface area contributed by atoms with Crippen LogP contribution < -0.4 is 10.2 Å². The summed E-state index contributed by atoms with van der Waals surface area (Å²) < 4.78 is 10.7. The van der Waals surface area contributed by atoms with Crippen molar-refractivity contribution in [3.63, 3.8) is 0 Å². The summed E-state index contributed by atoms with van der Waals surface area (Å²) >= 11 is 0. The molecule has 3 rings (SSSR count). The van der Waals surface area contributed by atoms with Gasteiger partial charge in [-0.2, -0.15) is 0 Å². The van der Waals surface area contributed by atoms with Crippen LogP contribution in [-0.2, 0) is 11.3 Å². The second-order valence-electron chi connectivity index (χ2n) is 5.47. The molecule has 2 fully saturated rings. The number of hydrogen-bond donors (Lipinski definition) is 1. The first-order valence-corrected chi connectivity index (χ1v) is 7.15. The van der Waals surface area contributed by atoms with Gasteiger partial charge >= 0.3 is 6.01 Å². The molecule has 0 radical (unpaired) electrons. The Morgan fingerprint density at radius 3 is 2.84 bits per heavy atom. The first-order chi connectivity index (χ1) is 9.36. The van der Waals surface area contributed by atoms with Crippen molar-refractivity contribution in [2.45, 2.75) is 38.3 Å². The number of nitrogens with zero attached hydrogens (tertiary/aromatic N) is 3. The van der Waals surface area contributed by atoms with Gasteiger partial charge in [0.2, 0.25) is 5.89 Å². The number of anilines is 1. The maximum Gasteiger partial charge on any atom is 0.318 e. The predicted octanol–water partition coefficient (Wildman–Crippen LogP) is 1.18. The molecule has 106 valence electrons. The molecule has 0 unspecified atom stereocenters. The Kier molecular flexibility index (Phi) is 3.98. The van der Waals surface area contributed by atoms with Gasteiger partial charge in [-0.05, 0) is 31.6 Å². The number of ether oxygens (including phenoxy) is 1. The van der Waals surface area contributed by atoms with E-state index >= 15 is 0 Å². The summed E-state index contributed by atoms with van der Waals surface area (Å²) in [6, 6.07) is 1.34. The maximum atomic E-state index is 5.76. The molecule has 0 amide bonds. The third-order valence-electron chi connectivity index (χ3n) is 3.60. The van der Waals surface area contributed by atoms with Crippen LogP contribution in [-0.4, -0.2) is 43.0 Å². The zero-order chi connectivity index (χ0) is 13.1. The van der Waals surface area contributed by atoms with Gasteiger partial charge in [-0.3, -0.25) is 0 Å². The van der Waals surface area contributed by atoms with Gasteiger partial charge < -0.3 is 19.4 Å². The van der Waals surface area contributed by atoms with E-state index in [9.17, 15) is 0 Å². The molecule has 6 heteroatoms. The standard InChI is InChI=1S/C13H22N4O2/c1-18-7-6-14-8-12-15-16-13(19-12)17(11-4-5-11)9-10-2-3-10/h10-11,14H,2-9H2,1H3. The molecule has 2 aliphatic rings.